The van der Waals surface area contributed by atoms with Crippen molar-refractivity contribution in [2.45, 2.75) is 56.8 Å². The quantitative estimate of drug-likeness (QED) is 0.298. The van der Waals surface area contributed by atoms with Crippen LogP contribution in [-0.2, 0) is 26.1 Å². The van der Waals surface area contributed by atoms with Crippen molar-refractivity contribution >= 4 is 44.8 Å². The van der Waals surface area contributed by atoms with Gasteiger partial charge in [0, 0.05) is 47.8 Å². The molecular formula is C31H34Cl2N4O5S. The molecule has 1 aromatic heterocycles. The van der Waals surface area contributed by atoms with E-state index in [4.69, 9.17) is 32.7 Å². The van der Waals surface area contributed by atoms with Crippen LogP contribution in [0.3, 0.4) is 0 Å². The largest absolute Gasteiger partial charge is 0.381 e. The molecule has 2 N–H and O–H groups in total. The van der Waals surface area contributed by atoms with E-state index in [9.17, 15) is 13.2 Å². The predicted octanol–water partition coefficient (Wildman–Crippen LogP) is 5.54. The van der Waals surface area contributed by atoms with Crippen molar-refractivity contribution in [2.75, 3.05) is 30.4 Å². The summed E-state index contributed by atoms with van der Waals surface area (Å²) >= 11 is 13.2. The summed E-state index contributed by atoms with van der Waals surface area (Å²) in [5.41, 5.74) is 4.87. The molecule has 3 heterocycles. The number of sulfonamides is 1. The number of carbonyl (C=O) groups is 1. The molecule has 2 saturated heterocycles. The van der Waals surface area contributed by atoms with Crippen molar-refractivity contribution in [1.29, 1.82) is 0 Å². The van der Waals surface area contributed by atoms with Gasteiger partial charge in [-0.25, -0.2) is 13.1 Å². The number of hydrogen-bond donors (Lipinski definition) is 2. The molecule has 2 aliphatic carbocycles. The highest BCUT2D eigenvalue weighted by Crippen LogP contribution is 2.45. The lowest BCUT2D eigenvalue weighted by atomic mass is 10.0. The second kappa shape index (κ2) is 11.7. The van der Waals surface area contributed by atoms with E-state index in [1.807, 2.05) is 30.3 Å². The number of hydrogen-bond acceptors (Lipinski definition) is 7. The average Bonchev–Trinajstić information content (AvgIpc) is 3.30. The van der Waals surface area contributed by atoms with Gasteiger partial charge >= 0.3 is 0 Å². The maximum Gasteiger partial charge on any atom is 0.264 e. The molecule has 0 spiro atoms. The minimum atomic E-state index is -3.72. The first-order chi connectivity index (χ1) is 20.7. The van der Waals surface area contributed by atoms with E-state index in [0.717, 1.165) is 36.3 Å². The number of piperidine rings is 1. The summed E-state index contributed by atoms with van der Waals surface area (Å²) in [4.78, 5) is 15.0. The molecule has 7 rings (SSSR count). The van der Waals surface area contributed by atoms with Crippen LogP contribution in [0.5, 0.6) is 0 Å². The van der Waals surface area contributed by atoms with Crippen LogP contribution < -0.4 is 9.62 Å². The third-order valence-corrected chi connectivity index (χ3v) is 11.1. The first kappa shape index (κ1) is 29.1. The maximum absolute atomic E-state index is 12.6. The van der Waals surface area contributed by atoms with Crippen LogP contribution in [0.4, 0.5) is 5.69 Å². The fraction of sp³-hybridized carbons (Fsp3) is 0.484. The standard InChI is InChI=1S/C31H34Cl2N4O5S/c32-26-10-21(19-1-2-19)11-27(33)30(26)28-12-23(34-35-28)16-42-29-13-25-9-22(29)14-37(25)24-5-3-20(4-6-24)31(38)36-43(39,40)17-18-7-8-41-15-18/h3-6,10-12,18-19,22,25,29H,1-2,7-9,13-17H2,(H,34,35)(H,36,38)/t18?,22-,25-,29+/m0/s1. The van der Waals surface area contributed by atoms with Gasteiger partial charge in [0.05, 0.1) is 46.5 Å². The maximum atomic E-state index is 12.6. The highest BCUT2D eigenvalue weighted by Gasteiger charge is 2.45. The van der Waals surface area contributed by atoms with Gasteiger partial charge in [0.15, 0.2) is 0 Å². The number of aromatic amines is 1. The number of nitrogens with one attached hydrogen (secondary N) is 2. The van der Waals surface area contributed by atoms with E-state index in [-0.39, 0.29) is 17.8 Å². The summed E-state index contributed by atoms with van der Waals surface area (Å²) in [6.45, 7) is 2.27. The van der Waals surface area contributed by atoms with Gasteiger partial charge in [-0.1, -0.05) is 23.2 Å². The summed E-state index contributed by atoms with van der Waals surface area (Å²) in [6.07, 6.45) is 5.18. The molecule has 2 aliphatic heterocycles. The third kappa shape index (κ3) is 6.31. The molecule has 3 aromatic rings. The zero-order valence-electron chi connectivity index (χ0n) is 23.6. The van der Waals surface area contributed by atoms with Crippen LogP contribution in [0, 0.1) is 11.8 Å². The zero-order chi connectivity index (χ0) is 29.7. The Hall–Kier alpha value is -2.63. The molecule has 4 atom stereocenters. The molecule has 2 aromatic carbocycles. The van der Waals surface area contributed by atoms with E-state index < -0.39 is 15.9 Å². The minimum Gasteiger partial charge on any atom is -0.381 e. The highest BCUT2D eigenvalue weighted by molar-refractivity contribution is 7.90. The molecule has 4 aliphatic rings. The number of amides is 1. The van der Waals surface area contributed by atoms with E-state index >= 15 is 0 Å². The molecule has 2 bridgehead atoms. The molecule has 0 radical (unpaired) electrons. The van der Waals surface area contributed by atoms with Gasteiger partial charge in [0.1, 0.15) is 0 Å². The molecule has 43 heavy (non-hydrogen) atoms. The third-order valence-electron chi connectivity index (χ3n) is 9.12. The van der Waals surface area contributed by atoms with Crippen LogP contribution in [-0.4, -0.2) is 62.2 Å². The first-order valence-electron chi connectivity index (χ1n) is 14.9. The number of rotatable bonds is 10. The fourth-order valence-electron chi connectivity index (χ4n) is 6.75. The monoisotopic (exact) mass is 644 g/mol. The molecule has 228 valence electrons. The Labute approximate surface area is 261 Å². The number of fused-ring (bicyclic) bond motifs is 2. The van der Waals surface area contributed by atoms with Crippen molar-refractivity contribution in [3.63, 3.8) is 0 Å². The summed E-state index contributed by atoms with van der Waals surface area (Å²) in [7, 11) is -3.72. The van der Waals surface area contributed by atoms with E-state index in [1.54, 1.807) is 12.1 Å². The average molecular weight is 646 g/mol. The Morgan fingerprint density at radius 1 is 1.09 bits per heavy atom. The van der Waals surface area contributed by atoms with Crippen molar-refractivity contribution in [3.8, 4) is 11.3 Å². The normalized spacial score (nSPS) is 25.0. The number of benzene rings is 2. The lowest BCUT2D eigenvalue weighted by Crippen LogP contribution is -2.38. The van der Waals surface area contributed by atoms with Crippen LogP contribution in [0.1, 0.15) is 59.6 Å². The fourth-order valence-corrected chi connectivity index (χ4v) is 8.81. The second-order valence-corrected chi connectivity index (χ2v) is 14.9. The van der Waals surface area contributed by atoms with Gasteiger partial charge < -0.3 is 14.4 Å². The number of aromatic nitrogens is 2. The van der Waals surface area contributed by atoms with Crippen molar-refractivity contribution in [1.82, 2.24) is 14.9 Å². The van der Waals surface area contributed by atoms with Gasteiger partial charge in [-0.15, -0.1) is 0 Å². The van der Waals surface area contributed by atoms with Crippen molar-refractivity contribution in [3.05, 3.63) is 69.3 Å². The molecule has 2 saturated carbocycles. The summed E-state index contributed by atoms with van der Waals surface area (Å²) in [6, 6.07) is 13.5. The number of ether oxygens (including phenoxy) is 2. The van der Waals surface area contributed by atoms with Gasteiger partial charge in [-0.05, 0) is 86.1 Å². The minimum absolute atomic E-state index is 0.0735. The van der Waals surface area contributed by atoms with Gasteiger partial charge in [0.2, 0.25) is 10.0 Å². The Balaban J connectivity index is 0.917. The van der Waals surface area contributed by atoms with E-state index in [0.29, 0.717) is 65.4 Å². The Bertz CT molecular complexity index is 1600. The van der Waals surface area contributed by atoms with Gasteiger partial charge in [0.25, 0.3) is 5.91 Å². The molecule has 12 heteroatoms. The van der Waals surface area contributed by atoms with Crippen LogP contribution >= 0.6 is 23.2 Å². The number of halogens is 2. The van der Waals surface area contributed by atoms with Crippen LogP contribution in [0.2, 0.25) is 10.0 Å². The molecule has 1 unspecified atom stereocenters. The van der Waals surface area contributed by atoms with Crippen molar-refractivity contribution in [2.24, 2.45) is 11.8 Å². The Kier molecular flexibility index (Phi) is 7.92. The van der Waals surface area contributed by atoms with Crippen LogP contribution in [0.25, 0.3) is 11.3 Å². The number of anilines is 1. The molecule has 4 fully saturated rings. The second-order valence-electron chi connectivity index (χ2n) is 12.3. The Morgan fingerprint density at radius 3 is 2.51 bits per heavy atom. The Morgan fingerprint density at radius 2 is 1.86 bits per heavy atom. The SMILES string of the molecule is O=C(NS(=O)(=O)CC1CCOC1)c1ccc(N2C[C@@H]3C[C@H]2C[C@H]3OCc2cc(-c3c(Cl)cc(C4CC4)cc3Cl)n[nH]2)cc1. The smallest absolute Gasteiger partial charge is 0.264 e. The lowest BCUT2D eigenvalue weighted by Gasteiger charge is -2.33. The predicted molar refractivity (Wildman–Crippen MR) is 165 cm³/mol. The topological polar surface area (TPSA) is 114 Å². The summed E-state index contributed by atoms with van der Waals surface area (Å²) in [5, 5.41) is 8.78. The highest BCUT2D eigenvalue weighted by atomic mass is 35.5. The molecule has 1 amide bonds. The van der Waals surface area contributed by atoms with Crippen molar-refractivity contribution < 1.29 is 22.7 Å². The van der Waals surface area contributed by atoms with Gasteiger partial charge in [-0.3, -0.25) is 9.89 Å². The molecular weight excluding hydrogens is 611 g/mol. The van der Waals surface area contributed by atoms with Crippen LogP contribution in [0.15, 0.2) is 42.5 Å². The first-order valence-corrected chi connectivity index (χ1v) is 17.3. The number of H-pyrrole nitrogens is 1. The summed E-state index contributed by atoms with van der Waals surface area (Å²) < 4.78 is 38.6. The lowest BCUT2D eigenvalue weighted by molar-refractivity contribution is 0.0111. The summed E-state index contributed by atoms with van der Waals surface area (Å²) in [5.74, 6) is 0.192. The number of carbonyl (C=O) groups excluding carboxylic acids is 1. The molecule has 9 nitrogen and oxygen atoms in total. The zero-order valence-corrected chi connectivity index (χ0v) is 25.9. The van der Waals surface area contributed by atoms with E-state index in [1.165, 1.54) is 18.4 Å². The number of nitrogens with zero attached hydrogens (tertiary/aromatic N) is 2. The van der Waals surface area contributed by atoms with E-state index in [2.05, 4.69) is 19.8 Å². The van der Waals surface area contributed by atoms with Gasteiger partial charge in [-0.2, -0.15) is 5.10 Å².